The third-order valence-corrected chi connectivity index (χ3v) is 9.12. The summed E-state index contributed by atoms with van der Waals surface area (Å²) in [6, 6.07) is 5.13. The lowest BCUT2D eigenvalue weighted by Crippen LogP contribution is -2.62. The average molecular weight is 584 g/mol. The highest BCUT2D eigenvalue weighted by molar-refractivity contribution is 5.97. The predicted molar refractivity (Wildman–Crippen MR) is 165 cm³/mol. The van der Waals surface area contributed by atoms with Crippen molar-refractivity contribution in [2.45, 2.75) is 85.9 Å². The standard InChI is InChI=1S/C32H50FN7O2/c1-9-40(24(6)7)31(41)26-17-25(33)12-13-28(26)42-30-29(34-21-35-36-30)38-16-14-32(18-38)19-39(20-32)27(22(2)3)11-10-15-37(8)23(4)5/h12-13,17,21-24,27H,9-11,14-16,18-20H2,1-8H3/t27-/m1/s1. The van der Waals surface area contributed by atoms with Crippen LogP contribution in [0.25, 0.3) is 0 Å². The maximum atomic E-state index is 14.3. The van der Waals surface area contributed by atoms with Gasteiger partial charge in [0.25, 0.3) is 11.8 Å². The van der Waals surface area contributed by atoms with Crippen LogP contribution in [0.3, 0.4) is 0 Å². The lowest BCUT2D eigenvalue weighted by atomic mass is 9.76. The van der Waals surface area contributed by atoms with Gasteiger partial charge in [0.2, 0.25) is 0 Å². The highest BCUT2D eigenvalue weighted by Crippen LogP contribution is 2.44. The predicted octanol–water partition coefficient (Wildman–Crippen LogP) is 5.33. The Hall–Kier alpha value is -2.85. The van der Waals surface area contributed by atoms with E-state index in [1.165, 1.54) is 37.4 Å². The molecule has 0 bridgehead atoms. The van der Waals surface area contributed by atoms with Crippen molar-refractivity contribution >= 4 is 11.7 Å². The first-order valence-corrected chi connectivity index (χ1v) is 15.6. The molecule has 9 nitrogen and oxygen atoms in total. The summed E-state index contributed by atoms with van der Waals surface area (Å²) in [5.41, 5.74) is 0.383. The van der Waals surface area contributed by atoms with Gasteiger partial charge in [0.15, 0.2) is 5.82 Å². The molecular weight excluding hydrogens is 533 g/mol. The van der Waals surface area contributed by atoms with Crippen LogP contribution in [0.2, 0.25) is 0 Å². The van der Waals surface area contributed by atoms with Crippen molar-refractivity contribution in [1.82, 2.24) is 29.9 Å². The zero-order chi connectivity index (χ0) is 30.6. The fraction of sp³-hybridized carbons (Fsp3) is 0.688. The first-order chi connectivity index (χ1) is 19.9. The lowest BCUT2D eigenvalue weighted by molar-refractivity contribution is -0.0345. The van der Waals surface area contributed by atoms with E-state index in [0.29, 0.717) is 30.4 Å². The largest absolute Gasteiger partial charge is 0.434 e. The fourth-order valence-corrected chi connectivity index (χ4v) is 6.47. The summed E-state index contributed by atoms with van der Waals surface area (Å²) in [6.07, 6.45) is 4.93. The highest BCUT2D eigenvalue weighted by Gasteiger charge is 2.50. The number of nitrogens with zero attached hydrogens (tertiary/aromatic N) is 7. The number of hydrogen-bond donors (Lipinski definition) is 0. The molecule has 2 aliphatic rings. The third-order valence-electron chi connectivity index (χ3n) is 9.12. The van der Waals surface area contributed by atoms with Gasteiger partial charge < -0.3 is 19.4 Å². The molecule has 0 aliphatic carbocycles. The Labute approximate surface area is 251 Å². The Bertz CT molecular complexity index is 1200. The van der Waals surface area contributed by atoms with Gasteiger partial charge in [0.1, 0.15) is 17.9 Å². The number of halogens is 1. The molecule has 232 valence electrons. The van der Waals surface area contributed by atoms with Crippen LogP contribution in [0.15, 0.2) is 24.5 Å². The summed E-state index contributed by atoms with van der Waals surface area (Å²) in [7, 11) is 2.21. The number of aromatic nitrogens is 3. The van der Waals surface area contributed by atoms with Crippen LogP contribution < -0.4 is 9.64 Å². The van der Waals surface area contributed by atoms with Crippen LogP contribution in [0.1, 0.15) is 78.1 Å². The minimum absolute atomic E-state index is 0.0353. The second kappa shape index (κ2) is 13.6. The highest BCUT2D eigenvalue weighted by atomic mass is 19.1. The second-order valence-corrected chi connectivity index (χ2v) is 13.1. The Morgan fingerprint density at radius 1 is 1.12 bits per heavy atom. The van der Waals surface area contributed by atoms with Crippen molar-refractivity contribution in [1.29, 1.82) is 0 Å². The average Bonchev–Trinajstić information content (AvgIpc) is 3.37. The van der Waals surface area contributed by atoms with Crippen LogP contribution in [-0.2, 0) is 0 Å². The number of amides is 1. The third kappa shape index (κ3) is 7.19. The topological polar surface area (TPSA) is 77.9 Å². The molecule has 4 rings (SSSR count). The van der Waals surface area contributed by atoms with Crippen molar-refractivity contribution < 1.29 is 13.9 Å². The van der Waals surface area contributed by atoms with E-state index < -0.39 is 5.82 Å². The molecule has 2 aliphatic heterocycles. The van der Waals surface area contributed by atoms with E-state index in [2.05, 4.69) is 64.6 Å². The first-order valence-electron chi connectivity index (χ1n) is 15.6. The quantitative estimate of drug-likeness (QED) is 0.313. The van der Waals surface area contributed by atoms with Gasteiger partial charge in [-0.05, 0) is 91.6 Å². The molecule has 1 aromatic heterocycles. The molecule has 3 heterocycles. The van der Waals surface area contributed by atoms with Gasteiger partial charge in [-0.1, -0.05) is 13.8 Å². The number of anilines is 1. The van der Waals surface area contributed by atoms with Crippen molar-refractivity contribution in [3.05, 3.63) is 35.9 Å². The van der Waals surface area contributed by atoms with Gasteiger partial charge >= 0.3 is 0 Å². The van der Waals surface area contributed by atoms with Crippen molar-refractivity contribution in [2.75, 3.05) is 51.2 Å². The van der Waals surface area contributed by atoms with Crippen molar-refractivity contribution in [2.24, 2.45) is 11.3 Å². The molecule has 2 fully saturated rings. The number of benzene rings is 1. The maximum absolute atomic E-state index is 14.3. The molecule has 1 atom stereocenters. The molecule has 1 spiro atoms. The molecule has 10 heteroatoms. The Morgan fingerprint density at radius 3 is 2.50 bits per heavy atom. The summed E-state index contributed by atoms with van der Waals surface area (Å²) in [5, 5.41) is 8.22. The van der Waals surface area contributed by atoms with Gasteiger partial charge in [-0.15, -0.1) is 10.2 Å². The van der Waals surface area contributed by atoms with Crippen LogP contribution in [0, 0.1) is 17.2 Å². The first kappa shape index (κ1) is 32.1. The molecule has 0 N–H and O–H groups in total. The summed E-state index contributed by atoms with van der Waals surface area (Å²) >= 11 is 0. The molecule has 2 aromatic rings. The number of hydrogen-bond acceptors (Lipinski definition) is 8. The zero-order valence-electron chi connectivity index (χ0n) is 26.8. The van der Waals surface area contributed by atoms with E-state index in [-0.39, 0.29) is 34.6 Å². The van der Waals surface area contributed by atoms with E-state index in [1.807, 2.05) is 20.8 Å². The van der Waals surface area contributed by atoms with Crippen LogP contribution in [0.4, 0.5) is 10.2 Å². The summed E-state index contributed by atoms with van der Waals surface area (Å²) in [4.78, 5) is 26.9. The SMILES string of the molecule is CCN(C(=O)c1cc(F)ccc1Oc1nncnc1N1CCC2(C1)CN([C@H](CCCN(C)C(C)C)C(C)C)C2)C(C)C. The van der Waals surface area contributed by atoms with E-state index in [4.69, 9.17) is 4.74 Å². The minimum atomic E-state index is -0.495. The van der Waals surface area contributed by atoms with E-state index in [0.717, 1.165) is 39.1 Å². The van der Waals surface area contributed by atoms with Crippen LogP contribution >= 0.6 is 0 Å². The molecule has 0 unspecified atom stereocenters. The zero-order valence-corrected chi connectivity index (χ0v) is 26.8. The van der Waals surface area contributed by atoms with Crippen LogP contribution in [-0.4, -0.2) is 100 Å². The molecule has 1 aromatic carbocycles. The number of ether oxygens (including phenoxy) is 1. The molecule has 2 saturated heterocycles. The Balaban J connectivity index is 1.44. The van der Waals surface area contributed by atoms with Gasteiger partial charge in [0, 0.05) is 56.3 Å². The number of likely N-dealkylation sites (tertiary alicyclic amines) is 1. The molecule has 0 saturated carbocycles. The number of carbonyl (C=O) groups is 1. The normalized spacial score (nSPS) is 17.5. The van der Waals surface area contributed by atoms with Gasteiger partial charge in [-0.2, -0.15) is 0 Å². The fourth-order valence-electron chi connectivity index (χ4n) is 6.47. The number of rotatable bonds is 13. The van der Waals surface area contributed by atoms with Crippen molar-refractivity contribution in [3.8, 4) is 11.6 Å². The van der Waals surface area contributed by atoms with Gasteiger partial charge in [-0.3, -0.25) is 9.69 Å². The molecular formula is C32H50FN7O2. The van der Waals surface area contributed by atoms with Crippen LogP contribution in [0.5, 0.6) is 11.6 Å². The monoisotopic (exact) mass is 583 g/mol. The van der Waals surface area contributed by atoms with Crippen molar-refractivity contribution in [3.63, 3.8) is 0 Å². The minimum Gasteiger partial charge on any atom is -0.434 e. The Kier molecular flexibility index (Phi) is 10.4. The second-order valence-electron chi connectivity index (χ2n) is 13.1. The smallest absolute Gasteiger partial charge is 0.282 e. The molecule has 0 radical (unpaired) electrons. The number of carbonyl (C=O) groups excluding carboxylic acids is 1. The summed E-state index contributed by atoms with van der Waals surface area (Å²) in [6.45, 7) is 20.5. The lowest BCUT2D eigenvalue weighted by Gasteiger charge is -2.53. The van der Waals surface area contributed by atoms with E-state index in [9.17, 15) is 9.18 Å². The molecule has 1 amide bonds. The van der Waals surface area contributed by atoms with Gasteiger partial charge in [-0.25, -0.2) is 9.37 Å². The van der Waals surface area contributed by atoms with E-state index >= 15 is 0 Å². The molecule has 42 heavy (non-hydrogen) atoms. The van der Waals surface area contributed by atoms with Gasteiger partial charge in [0.05, 0.1) is 5.56 Å². The maximum Gasteiger partial charge on any atom is 0.282 e. The Morgan fingerprint density at radius 2 is 1.86 bits per heavy atom. The summed E-state index contributed by atoms with van der Waals surface area (Å²) < 4.78 is 20.5. The van der Waals surface area contributed by atoms with E-state index in [1.54, 1.807) is 4.90 Å². The summed E-state index contributed by atoms with van der Waals surface area (Å²) in [5.74, 6) is 0.916.